The molecule has 14 heavy (non-hydrogen) atoms. The summed E-state index contributed by atoms with van der Waals surface area (Å²) in [6.07, 6.45) is 2.22. The van der Waals surface area contributed by atoms with Crippen LogP contribution in [0.15, 0.2) is 0 Å². The Morgan fingerprint density at radius 3 is 2.57 bits per heavy atom. The first-order chi connectivity index (χ1) is 6.54. The summed E-state index contributed by atoms with van der Waals surface area (Å²) in [5.74, 6) is 1.28. The minimum Gasteiger partial charge on any atom is -0.308 e. The van der Waals surface area contributed by atoms with E-state index in [1.165, 1.54) is 13.8 Å². The normalized spacial score (nSPS) is 17.4. The average molecular weight is 262 g/mol. The Labute approximate surface area is 90.8 Å². The molecule has 1 aliphatic rings. The lowest BCUT2D eigenvalue weighted by Gasteiger charge is -2.15. The summed E-state index contributed by atoms with van der Waals surface area (Å²) in [4.78, 5) is 0. The fraction of sp³-hybridized carbons (Fsp3) is 0.778. The van der Waals surface area contributed by atoms with Crippen molar-refractivity contribution >= 4 is 15.9 Å². The summed E-state index contributed by atoms with van der Waals surface area (Å²) in [7, 11) is 0. The van der Waals surface area contributed by atoms with Gasteiger partial charge in [0.2, 0.25) is 0 Å². The molecule has 1 aromatic heterocycles. The van der Waals surface area contributed by atoms with Crippen LogP contribution in [0.3, 0.4) is 0 Å². The van der Waals surface area contributed by atoms with E-state index in [0.717, 1.165) is 18.7 Å². The van der Waals surface area contributed by atoms with Crippen LogP contribution in [0, 0.1) is 0 Å². The molecule has 1 heterocycles. The number of alkyl halides is 2. The van der Waals surface area contributed by atoms with E-state index in [4.69, 9.17) is 0 Å². The fourth-order valence-electron chi connectivity index (χ4n) is 1.54. The maximum atomic E-state index is 13.8. The average Bonchev–Trinajstić information content (AvgIpc) is 2.82. The number of rotatable bonds is 3. The quantitative estimate of drug-likeness (QED) is 0.784. The summed E-state index contributed by atoms with van der Waals surface area (Å²) in [5, 5.41) is 8.55. The van der Waals surface area contributed by atoms with Gasteiger partial charge in [0.05, 0.1) is 5.33 Å². The van der Waals surface area contributed by atoms with E-state index in [1.807, 2.05) is 4.57 Å². The number of hydrogen-bond donors (Lipinski definition) is 0. The highest BCUT2D eigenvalue weighted by Gasteiger charge is 2.35. The fourth-order valence-corrected chi connectivity index (χ4v) is 1.92. The van der Waals surface area contributed by atoms with Gasteiger partial charge in [-0.2, -0.15) is 0 Å². The van der Waals surface area contributed by atoms with Gasteiger partial charge in [-0.15, -0.1) is 10.2 Å². The highest BCUT2D eigenvalue weighted by Crippen LogP contribution is 2.39. The van der Waals surface area contributed by atoms with E-state index in [-0.39, 0.29) is 0 Å². The van der Waals surface area contributed by atoms with Crippen LogP contribution >= 0.6 is 15.9 Å². The topological polar surface area (TPSA) is 30.7 Å². The molecule has 1 aliphatic carbocycles. The molecule has 3 nitrogen and oxygen atoms in total. The molecule has 1 fully saturated rings. The molecule has 0 radical (unpaired) electrons. The van der Waals surface area contributed by atoms with Gasteiger partial charge < -0.3 is 4.57 Å². The Hall–Kier alpha value is -0.450. The summed E-state index contributed by atoms with van der Waals surface area (Å²) in [6.45, 7) is 3.04. The van der Waals surface area contributed by atoms with E-state index in [1.54, 1.807) is 0 Å². The summed E-state index contributed by atoms with van der Waals surface area (Å²) in [5.41, 5.74) is -1.41. The molecule has 0 amide bonds. The zero-order valence-corrected chi connectivity index (χ0v) is 9.88. The predicted octanol–water partition coefficient (Wildman–Crippen LogP) is 2.71. The van der Waals surface area contributed by atoms with Crippen LogP contribution in [0.2, 0.25) is 0 Å². The van der Waals surface area contributed by atoms with Crippen LogP contribution in [-0.2, 0) is 11.0 Å². The molecule has 2 rings (SSSR count). The molecule has 0 N–H and O–H groups in total. The van der Waals surface area contributed by atoms with Crippen LogP contribution in [0.25, 0.3) is 0 Å². The van der Waals surface area contributed by atoms with Gasteiger partial charge in [0, 0.05) is 6.04 Å². The summed E-state index contributed by atoms with van der Waals surface area (Å²) >= 11 is 3.34. The van der Waals surface area contributed by atoms with Crippen molar-refractivity contribution < 1.29 is 4.39 Å². The van der Waals surface area contributed by atoms with Gasteiger partial charge in [0.25, 0.3) is 0 Å². The molecule has 0 saturated heterocycles. The second kappa shape index (κ2) is 3.29. The molecule has 0 unspecified atom stereocenters. The Morgan fingerprint density at radius 1 is 1.50 bits per heavy atom. The van der Waals surface area contributed by atoms with Crippen LogP contribution < -0.4 is 0 Å². The van der Waals surface area contributed by atoms with Crippen molar-refractivity contribution in [2.75, 3.05) is 0 Å². The lowest BCUT2D eigenvalue weighted by atomic mass is 10.1. The van der Waals surface area contributed by atoms with Crippen molar-refractivity contribution in [1.29, 1.82) is 0 Å². The van der Waals surface area contributed by atoms with E-state index < -0.39 is 5.67 Å². The van der Waals surface area contributed by atoms with Crippen molar-refractivity contribution in [3.05, 3.63) is 11.6 Å². The Kier molecular flexibility index (Phi) is 2.37. The standard InChI is InChI=1S/C9H13BrFN3/c1-9(2,11)8-13-12-7(5-10)14(8)6-3-4-6/h6H,3-5H2,1-2H3. The molecule has 0 atom stereocenters. The third-order valence-corrected chi connectivity index (χ3v) is 2.83. The number of nitrogens with zero attached hydrogens (tertiary/aromatic N) is 3. The van der Waals surface area contributed by atoms with Gasteiger partial charge in [0.1, 0.15) is 5.82 Å². The van der Waals surface area contributed by atoms with Crippen molar-refractivity contribution in [2.24, 2.45) is 0 Å². The van der Waals surface area contributed by atoms with Crippen molar-refractivity contribution in [2.45, 2.75) is 43.7 Å². The smallest absolute Gasteiger partial charge is 0.170 e. The minimum atomic E-state index is -1.41. The van der Waals surface area contributed by atoms with Gasteiger partial charge in [0.15, 0.2) is 11.5 Å². The number of hydrogen-bond acceptors (Lipinski definition) is 2. The second-order valence-corrected chi connectivity index (χ2v) is 4.71. The van der Waals surface area contributed by atoms with Crippen LogP contribution in [0.4, 0.5) is 4.39 Å². The van der Waals surface area contributed by atoms with Crippen molar-refractivity contribution in [3.63, 3.8) is 0 Å². The minimum absolute atomic E-state index is 0.419. The van der Waals surface area contributed by atoms with E-state index >= 15 is 0 Å². The third-order valence-electron chi connectivity index (χ3n) is 2.33. The molecule has 0 bridgehead atoms. The monoisotopic (exact) mass is 261 g/mol. The number of aromatic nitrogens is 3. The molecule has 0 aliphatic heterocycles. The molecule has 0 spiro atoms. The first-order valence-corrected chi connectivity index (χ1v) is 5.85. The number of halogens is 2. The van der Waals surface area contributed by atoms with Crippen LogP contribution in [0.5, 0.6) is 0 Å². The van der Waals surface area contributed by atoms with E-state index in [2.05, 4.69) is 26.1 Å². The van der Waals surface area contributed by atoms with Crippen LogP contribution in [-0.4, -0.2) is 14.8 Å². The van der Waals surface area contributed by atoms with Crippen molar-refractivity contribution in [1.82, 2.24) is 14.8 Å². The zero-order valence-electron chi connectivity index (χ0n) is 8.30. The lowest BCUT2D eigenvalue weighted by molar-refractivity contribution is 0.198. The summed E-state index contributed by atoms with van der Waals surface area (Å²) < 4.78 is 15.7. The third kappa shape index (κ3) is 1.69. The van der Waals surface area contributed by atoms with Gasteiger partial charge in [-0.3, -0.25) is 0 Å². The highest BCUT2D eigenvalue weighted by atomic mass is 79.9. The largest absolute Gasteiger partial charge is 0.308 e. The van der Waals surface area contributed by atoms with E-state index in [9.17, 15) is 4.39 Å². The van der Waals surface area contributed by atoms with Crippen molar-refractivity contribution in [3.8, 4) is 0 Å². The zero-order chi connectivity index (χ0) is 10.3. The van der Waals surface area contributed by atoms with E-state index in [0.29, 0.717) is 17.2 Å². The molecule has 78 valence electrons. The SMILES string of the molecule is CC(C)(F)c1nnc(CBr)n1C1CC1. The summed E-state index contributed by atoms with van der Waals surface area (Å²) in [6, 6.07) is 0.419. The maximum Gasteiger partial charge on any atom is 0.170 e. The van der Waals surface area contributed by atoms with Gasteiger partial charge >= 0.3 is 0 Å². The highest BCUT2D eigenvalue weighted by molar-refractivity contribution is 9.08. The molecule has 0 aromatic carbocycles. The first-order valence-electron chi connectivity index (χ1n) is 4.73. The Bertz CT molecular complexity index is 338. The molecule has 5 heteroatoms. The first kappa shape index (κ1) is 10.1. The van der Waals surface area contributed by atoms with Gasteiger partial charge in [-0.25, -0.2) is 4.39 Å². The molecular formula is C9H13BrFN3. The van der Waals surface area contributed by atoms with Gasteiger partial charge in [-0.05, 0) is 26.7 Å². The molecular weight excluding hydrogens is 249 g/mol. The second-order valence-electron chi connectivity index (χ2n) is 4.15. The lowest BCUT2D eigenvalue weighted by Crippen LogP contribution is -2.18. The Morgan fingerprint density at radius 2 is 2.14 bits per heavy atom. The van der Waals surface area contributed by atoms with Gasteiger partial charge in [-0.1, -0.05) is 15.9 Å². The Balaban J connectivity index is 2.44. The predicted molar refractivity (Wildman–Crippen MR) is 55.1 cm³/mol. The molecule has 1 saturated carbocycles. The maximum absolute atomic E-state index is 13.8. The van der Waals surface area contributed by atoms with Crippen LogP contribution in [0.1, 0.15) is 44.4 Å². The molecule has 1 aromatic rings.